The van der Waals surface area contributed by atoms with Crippen LogP contribution in [0.1, 0.15) is 38.7 Å². The largest absolute Gasteiger partial charge is 0.497 e. The highest BCUT2D eigenvalue weighted by Crippen LogP contribution is 2.23. The van der Waals surface area contributed by atoms with Gasteiger partial charge in [-0.1, -0.05) is 26.7 Å². The lowest BCUT2D eigenvalue weighted by Crippen LogP contribution is -2.52. The van der Waals surface area contributed by atoms with Gasteiger partial charge in [0.2, 0.25) is 5.91 Å². The van der Waals surface area contributed by atoms with Crippen LogP contribution in [0.5, 0.6) is 11.5 Å². The van der Waals surface area contributed by atoms with Crippen LogP contribution in [0.25, 0.3) is 0 Å². The molecule has 1 heterocycles. The van der Waals surface area contributed by atoms with E-state index in [9.17, 15) is 4.79 Å². The van der Waals surface area contributed by atoms with E-state index in [1.807, 2.05) is 18.2 Å². The maximum Gasteiger partial charge on any atom is 0.220 e. The summed E-state index contributed by atoms with van der Waals surface area (Å²) in [6.07, 6.45) is 3.36. The first-order chi connectivity index (χ1) is 13.6. The molecule has 1 aliphatic heterocycles. The summed E-state index contributed by atoms with van der Waals surface area (Å²) in [5.41, 5.74) is 1.04. The predicted molar refractivity (Wildman–Crippen MR) is 111 cm³/mol. The van der Waals surface area contributed by atoms with E-state index in [0.29, 0.717) is 31.3 Å². The Kier molecular flexibility index (Phi) is 9.58. The van der Waals surface area contributed by atoms with Crippen molar-refractivity contribution in [2.24, 2.45) is 5.92 Å². The third-order valence-corrected chi connectivity index (χ3v) is 5.67. The van der Waals surface area contributed by atoms with Gasteiger partial charge in [-0.2, -0.15) is 0 Å². The second-order valence-corrected chi connectivity index (χ2v) is 7.32. The number of nitrogens with one attached hydrogen (secondary N) is 1. The van der Waals surface area contributed by atoms with E-state index in [0.717, 1.165) is 56.2 Å². The monoisotopic (exact) mass is 392 g/mol. The lowest BCUT2D eigenvalue weighted by atomic mass is 9.92. The Hall–Kier alpha value is -1.79. The number of carbonyl (C=O) groups excluding carboxylic acids is 1. The highest BCUT2D eigenvalue weighted by Gasteiger charge is 2.27. The number of morpholine rings is 1. The summed E-state index contributed by atoms with van der Waals surface area (Å²) in [5, 5.41) is 3.17. The van der Waals surface area contributed by atoms with Crippen LogP contribution in [0.4, 0.5) is 0 Å². The molecule has 1 atom stereocenters. The molecule has 1 N–H and O–H groups in total. The Morgan fingerprint density at radius 1 is 1.11 bits per heavy atom. The second kappa shape index (κ2) is 11.9. The van der Waals surface area contributed by atoms with Gasteiger partial charge >= 0.3 is 0 Å². The Bertz CT molecular complexity index is 576. The number of benzene rings is 1. The molecule has 0 bridgehead atoms. The van der Waals surface area contributed by atoms with E-state index in [1.54, 1.807) is 14.2 Å². The summed E-state index contributed by atoms with van der Waals surface area (Å²) in [6, 6.07) is 6.12. The van der Waals surface area contributed by atoms with Crippen molar-refractivity contribution in [3.8, 4) is 11.5 Å². The van der Waals surface area contributed by atoms with Crippen LogP contribution in [0.3, 0.4) is 0 Å². The third-order valence-electron chi connectivity index (χ3n) is 5.67. The quantitative estimate of drug-likeness (QED) is 0.627. The molecule has 6 nitrogen and oxygen atoms in total. The fourth-order valence-electron chi connectivity index (χ4n) is 3.91. The molecule has 0 aromatic heterocycles. The average molecular weight is 393 g/mol. The first-order valence-corrected chi connectivity index (χ1v) is 10.4. The van der Waals surface area contributed by atoms with Gasteiger partial charge in [0.1, 0.15) is 11.5 Å². The van der Waals surface area contributed by atoms with Crippen LogP contribution in [-0.2, 0) is 16.0 Å². The fourth-order valence-corrected chi connectivity index (χ4v) is 3.91. The van der Waals surface area contributed by atoms with E-state index < -0.39 is 0 Å². The number of hydrogen-bond donors (Lipinski definition) is 1. The minimum Gasteiger partial charge on any atom is -0.497 e. The molecular formula is C22H36N2O4. The molecule has 1 aromatic rings. The van der Waals surface area contributed by atoms with Crippen LogP contribution < -0.4 is 14.8 Å². The van der Waals surface area contributed by atoms with Crippen molar-refractivity contribution >= 4 is 5.91 Å². The molecule has 1 aromatic carbocycles. The number of methoxy groups -OCH3 is 2. The first kappa shape index (κ1) is 22.5. The molecule has 6 heteroatoms. The zero-order valence-electron chi connectivity index (χ0n) is 17.8. The van der Waals surface area contributed by atoms with Crippen LogP contribution in [0.15, 0.2) is 18.2 Å². The first-order valence-electron chi connectivity index (χ1n) is 10.4. The highest BCUT2D eigenvalue weighted by molar-refractivity contribution is 5.76. The summed E-state index contributed by atoms with van der Waals surface area (Å²) in [6.45, 7) is 8.62. The summed E-state index contributed by atoms with van der Waals surface area (Å²) in [5.74, 6) is 2.17. The summed E-state index contributed by atoms with van der Waals surface area (Å²) in [7, 11) is 3.27. The Morgan fingerprint density at radius 3 is 2.25 bits per heavy atom. The second-order valence-electron chi connectivity index (χ2n) is 7.32. The van der Waals surface area contributed by atoms with E-state index in [-0.39, 0.29) is 5.91 Å². The molecule has 1 fully saturated rings. The van der Waals surface area contributed by atoms with E-state index in [2.05, 4.69) is 24.1 Å². The van der Waals surface area contributed by atoms with Gasteiger partial charge in [0.05, 0.1) is 27.4 Å². The number of aryl methyl sites for hydroxylation is 1. The van der Waals surface area contributed by atoms with Gasteiger partial charge < -0.3 is 19.5 Å². The fraction of sp³-hybridized carbons (Fsp3) is 0.682. The standard InChI is InChI=1S/C22H36N2O4/c1-5-18(6-2)21(24-9-11-28-12-10-24)16-23-22(25)8-7-17-13-19(26-3)15-20(14-17)27-4/h13-15,18,21H,5-12,16H2,1-4H3,(H,23,25)/t21-/m0/s1. The van der Waals surface area contributed by atoms with Crippen molar-refractivity contribution < 1.29 is 19.0 Å². The van der Waals surface area contributed by atoms with Gasteiger partial charge in [0, 0.05) is 38.2 Å². The SMILES string of the molecule is CCC(CC)[C@H](CNC(=O)CCc1cc(OC)cc(OC)c1)N1CCOCC1. The molecule has 0 spiro atoms. The zero-order valence-corrected chi connectivity index (χ0v) is 17.8. The molecular weight excluding hydrogens is 356 g/mol. The molecule has 1 amide bonds. The molecule has 1 saturated heterocycles. The Balaban J connectivity index is 1.90. The van der Waals surface area contributed by atoms with Gasteiger partial charge in [-0.05, 0) is 30.0 Å². The van der Waals surface area contributed by atoms with Crippen LogP contribution in [-0.4, -0.2) is 63.9 Å². The number of hydrogen-bond acceptors (Lipinski definition) is 5. The topological polar surface area (TPSA) is 60.0 Å². The maximum atomic E-state index is 12.5. The Morgan fingerprint density at radius 2 is 1.71 bits per heavy atom. The Labute approximate surface area is 169 Å². The van der Waals surface area contributed by atoms with Crippen molar-refractivity contribution in [2.75, 3.05) is 47.1 Å². The van der Waals surface area contributed by atoms with Crippen molar-refractivity contribution in [1.82, 2.24) is 10.2 Å². The molecule has 158 valence electrons. The van der Waals surface area contributed by atoms with Crippen LogP contribution in [0, 0.1) is 5.92 Å². The van der Waals surface area contributed by atoms with E-state index >= 15 is 0 Å². The lowest BCUT2D eigenvalue weighted by molar-refractivity contribution is -0.121. The minimum atomic E-state index is 0.0889. The summed E-state index contributed by atoms with van der Waals surface area (Å²) >= 11 is 0. The molecule has 28 heavy (non-hydrogen) atoms. The van der Waals surface area contributed by atoms with Crippen LogP contribution in [0.2, 0.25) is 0 Å². The van der Waals surface area contributed by atoms with Crippen molar-refractivity contribution in [3.05, 3.63) is 23.8 Å². The number of amides is 1. The number of rotatable bonds is 11. The predicted octanol–water partition coefficient (Wildman–Crippen LogP) is 2.89. The number of nitrogens with zero attached hydrogens (tertiary/aromatic N) is 1. The van der Waals surface area contributed by atoms with Gasteiger partial charge in [-0.15, -0.1) is 0 Å². The number of ether oxygens (including phenoxy) is 3. The van der Waals surface area contributed by atoms with Gasteiger partial charge in [-0.3, -0.25) is 9.69 Å². The van der Waals surface area contributed by atoms with Crippen molar-refractivity contribution in [3.63, 3.8) is 0 Å². The number of carbonyl (C=O) groups is 1. The smallest absolute Gasteiger partial charge is 0.220 e. The molecule has 2 rings (SSSR count). The highest BCUT2D eigenvalue weighted by atomic mass is 16.5. The molecule has 0 radical (unpaired) electrons. The van der Waals surface area contributed by atoms with E-state index in [1.165, 1.54) is 0 Å². The molecule has 1 aliphatic rings. The van der Waals surface area contributed by atoms with E-state index in [4.69, 9.17) is 14.2 Å². The average Bonchev–Trinajstić information content (AvgIpc) is 2.75. The maximum absolute atomic E-state index is 12.5. The molecule has 0 aliphatic carbocycles. The summed E-state index contributed by atoms with van der Waals surface area (Å²) in [4.78, 5) is 15.0. The minimum absolute atomic E-state index is 0.0889. The van der Waals surface area contributed by atoms with Crippen molar-refractivity contribution in [1.29, 1.82) is 0 Å². The molecule has 0 saturated carbocycles. The zero-order chi connectivity index (χ0) is 20.4. The van der Waals surface area contributed by atoms with Gasteiger partial charge in [0.25, 0.3) is 0 Å². The normalized spacial score (nSPS) is 16.0. The third kappa shape index (κ3) is 6.67. The lowest BCUT2D eigenvalue weighted by Gasteiger charge is -2.38. The van der Waals surface area contributed by atoms with Crippen molar-refractivity contribution in [2.45, 2.75) is 45.6 Å². The van der Waals surface area contributed by atoms with Gasteiger partial charge in [-0.25, -0.2) is 0 Å². The molecule has 0 unspecified atom stereocenters. The van der Waals surface area contributed by atoms with Crippen LogP contribution >= 0.6 is 0 Å². The summed E-state index contributed by atoms with van der Waals surface area (Å²) < 4.78 is 16.1. The van der Waals surface area contributed by atoms with Gasteiger partial charge in [0.15, 0.2) is 0 Å².